The molecule has 5 heteroatoms. The molecule has 1 saturated heterocycles. The van der Waals surface area contributed by atoms with Crippen molar-refractivity contribution in [3.8, 4) is 0 Å². The predicted octanol–water partition coefficient (Wildman–Crippen LogP) is 8.11. The first-order chi connectivity index (χ1) is 20.4. The first-order valence-electron chi connectivity index (χ1n) is 16.3. The monoisotopic (exact) mass is 594 g/mol. The summed E-state index contributed by atoms with van der Waals surface area (Å²) in [5.74, 6) is 0.460. The molecule has 0 radical (unpaired) electrons. The lowest BCUT2D eigenvalue weighted by atomic mass is 9.81. The van der Waals surface area contributed by atoms with Crippen LogP contribution in [0.25, 0.3) is 11.3 Å². The lowest BCUT2D eigenvalue weighted by Crippen LogP contribution is -2.55. The van der Waals surface area contributed by atoms with Crippen molar-refractivity contribution in [2.75, 3.05) is 27.3 Å². The zero-order chi connectivity index (χ0) is 33.5. The van der Waals surface area contributed by atoms with Gasteiger partial charge >= 0.3 is 5.97 Å². The van der Waals surface area contributed by atoms with E-state index >= 15 is 0 Å². The van der Waals surface area contributed by atoms with Gasteiger partial charge in [0.25, 0.3) is 0 Å². The van der Waals surface area contributed by atoms with E-state index in [2.05, 4.69) is 95.1 Å². The highest BCUT2D eigenvalue weighted by atomic mass is 16.5. The van der Waals surface area contributed by atoms with Gasteiger partial charge in [-0.3, -0.25) is 4.79 Å². The van der Waals surface area contributed by atoms with Crippen LogP contribution in [0, 0.1) is 5.41 Å². The average molecular weight is 595 g/mol. The van der Waals surface area contributed by atoms with E-state index in [9.17, 15) is 4.79 Å². The molecule has 0 saturated carbocycles. The van der Waals surface area contributed by atoms with Crippen LogP contribution in [0.3, 0.4) is 0 Å². The number of ether oxygens (including phenoxy) is 2. The maximum atomic E-state index is 12.0. The van der Waals surface area contributed by atoms with Gasteiger partial charge < -0.3 is 19.3 Å². The fraction of sp³-hybridized carbons (Fsp3) is 0.553. The van der Waals surface area contributed by atoms with Crippen molar-refractivity contribution < 1.29 is 14.3 Å². The maximum absolute atomic E-state index is 12.0. The molecule has 0 aromatic heterocycles. The van der Waals surface area contributed by atoms with Crippen molar-refractivity contribution in [3.05, 3.63) is 82.2 Å². The molecule has 3 rings (SSSR count). The van der Waals surface area contributed by atoms with Crippen LogP contribution in [-0.4, -0.2) is 49.1 Å². The number of piperazine rings is 1. The smallest absolute Gasteiger partial charge is 0.305 e. The first kappa shape index (κ1) is 39.8. The molecule has 1 aromatic carbocycles. The van der Waals surface area contributed by atoms with Crippen molar-refractivity contribution in [1.82, 2.24) is 9.80 Å². The molecule has 1 aromatic rings. The van der Waals surface area contributed by atoms with Gasteiger partial charge in [0, 0.05) is 37.0 Å². The highest BCUT2D eigenvalue weighted by Crippen LogP contribution is 2.41. The summed E-state index contributed by atoms with van der Waals surface area (Å²) >= 11 is 0. The van der Waals surface area contributed by atoms with Crippen molar-refractivity contribution in [1.29, 1.82) is 0 Å². The second kappa shape index (κ2) is 19.1. The van der Waals surface area contributed by atoms with E-state index < -0.39 is 0 Å². The zero-order valence-electron chi connectivity index (χ0n) is 30.0. The normalized spacial score (nSPS) is 17.7. The molecule has 2 heterocycles. The first-order valence-corrected chi connectivity index (χ1v) is 16.3. The molecule has 1 atom stereocenters. The Balaban J connectivity index is 0.00000276. The summed E-state index contributed by atoms with van der Waals surface area (Å²) in [6.45, 7) is 35.2. The van der Waals surface area contributed by atoms with Gasteiger partial charge in [0.1, 0.15) is 5.76 Å². The third-order valence-electron chi connectivity index (χ3n) is 7.42. The van der Waals surface area contributed by atoms with E-state index in [0.717, 1.165) is 29.8 Å². The molecule has 1 fully saturated rings. The molecule has 5 nitrogen and oxygen atoms in total. The average Bonchev–Trinajstić information content (AvgIpc) is 3.01. The standard InChI is InChI=1S/C32H44N2O3.3C2H6/c1-11-21(3)30-24(16-17-29(35)36-10)14-13-15-25(30)31-27-18-22(4)26(23(5)37-12-2)19-34(27)28(20-33(31)9)32(6,7)8;3*1-2/h13-15,18-19,28H,4-5,11-12,16-17,20H2,1-3,6-10H3;3*1-2H3/b30-21?,31-25-;;;. The van der Waals surface area contributed by atoms with Crippen LogP contribution in [0.2, 0.25) is 0 Å². The number of aryl methyl sites for hydroxylation is 1. The fourth-order valence-corrected chi connectivity index (χ4v) is 5.25. The molecule has 242 valence electrons. The van der Waals surface area contributed by atoms with E-state index in [0.29, 0.717) is 25.2 Å². The minimum absolute atomic E-state index is 0.0305. The molecule has 0 amide bonds. The van der Waals surface area contributed by atoms with E-state index in [4.69, 9.17) is 9.47 Å². The summed E-state index contributed by atoms with van der Waals surface area (Å²) in [6.07, 6.45) is 6.28. The molecular formula is C38H62N2O3. The number of esters is 1. The Morgan fingerprint density at radius 1 is 1.07 bits per heavy atom. The molecular weight excluding hydrogens is 532 g/mol. The Morgan fingerprint density at radius 2 is 1.67 bits per heavy atom. The number of hydrogen-bond donors (Lipinski definition) is 0. The number of hydrogen-bond acceptors (Lipinski definition) is 5. The number of rotatable bonds is 7. The summed E-state index contributed by atoms with van der Waals surface area (Å²) in [7, 11) is 3.63. The summed E-state index contributed by atoms with van der Waals surface area (Å²) < 4.78 is 10.7. The van der Waals surface area contributed by atoms with E-state index in [1.165, 1.54) is 34.4 Å². The number of methoxy groups -OCH3 is 1. The number of likely N-dealkylation sites (N-methyl/N-ethyl adjacent to an activating group) is 1. The molecule has 43 heavy (non-hydrogen) atoms. The van der Waals surface area contributed by atoms with Gasteiger partial charge in [0.2, 0.25) is 0 Å². The van der Waals surface area contributed by atoms with Crippen LogP contribution in [0.4, 0.5) is 0 Å². The Kier molecular flexibility index (Phi) is 17.7. The van der Waals surface area contributed by atoms with Crippen molar-refractivity contribution in [2.24, 2.45) is 5.41 Å². The van der Waals surface area contributed by atoms with E-state index in [-0.39, 0.29) is 17.4 Å². The van der Waals surface area contributed by atoms with Gasteiger partial charge in [-0.2, -0.15) is 0 Å². The molecule has 2 aliphatic heterocycles. The van der Waals surface area contributed by atoms with Gasteiger partial charge in [0.15, 0.2) is 0 Å². The van der Waals surface area contributed by atoms with Gasteiger partial charge in [0.05, 0.1) is 31.2 Å². The summed E-state index contributed by atoms with van der Waals surface area (Å²) in [6, 6.07) is 6.69. The van der Waals surface area contributed by atoms with Crippen LogP contribution in [0.15, 0.2) is 66.2 Å². The lowest BCUT2D eigenvalue weighted by molar-refractivity contribution is -0.140. The Labute approximate surface area is 264 Å². The third kappa shape index (κ3) is 9.91. The van der Waals surface area contributed by atoms with Crippen LogP contribution in [-0.2, 0) is 20.7 Å². The number of allylic oxidation sites excluding steroid dienone is 2. The summed E-state index contributed by atoms with van der Waals surface area (Å²) in [5, 5.41) is 2.41. The van der Waals surface area contributed by atoms with Gasteiger partial charge in [-0.25, -0.2) is 0 Å². The molecule has 2 aliphatic rings. The summed E-state index contributed by atoms with van der Waals surface area (Å²) in [4.78, 5) is 16.8. The Bertz CT molecular complexity index is 1260. The van der Waals surface area contributed by atoms with Gasteiger partial charge in [-0.15, -0.1) is 0 Å². The number of fused-ring (bicyclic) bond motifs is 1. The fourth-order valence-electron chi connectivity index (χ4n) is 5.25. The largest absolute Gasteiger partial charge is 0.494 e. The molecule has 0 spiro atoms. The highest BCUT2D eigenvalue weighted by Gasteiger charge is 2.40. The minimum Gasteiger partial charge on any atom is -0.494 e. The maximum Gasteiger partial charge on any atom is 0.305 e. The minimum atomic E-state index is -0.189. The predicted molar refractivity (Wildman–Crippen MR) is 187 cm³/mol. The number of carbonyl (C=O) groups excluding carboxylic acids is 1. The van der Waals surface area contributed by atoms with Crippen LogP contribution in [0.1, 0.15) is 101 Å². The molecule has 0 N–H and O–H groups in total. The molecule has 1 unspecified atom stereocenters. The Hall–Kier alpha value is -3.21. The van der Waals surface area contributed by atoms with E-state index in [1.54, 1.807) is 0 Å². The van der Waals surface area contributed by atoms with Crippen molar-refractivity contribution in [2.45, 2.75) is 108 Å². The quantitative estimate of drug-likeness (QED) is 0.236. The lowest BCUT2D eigenvalue weighted by Gasteiger charge is -2.50. The third-order valence-corrected chi connectivity index (χ3v) is 7.42. The van der Waals surface area contributed by atoms with E-state index in [1.807, 2.05) is 48.5 Å². The van der Waals surface area contributed by atoms with Crippen LogP contribution >= 0.6 is 0 Å². The second-order valence-corrected chi connectivity index (χ2v) is 11.0. The number of carbonyl (C=O) groups is 1. The van der Waals surface area contributed by atoms with Crippen molar-refractivity contribution >= 4 is 17.2 Å². The van der Waals surface area contributed by atoms with Gasteiger partial charge in [-0.05, 0) is 54.5 Å². The zero-order valence-corrected chi connectivity index (χ0v) is 30.0. The second-order valence-electron chi connectivity index (χ2n) is 11.0. The van der Waals surface area contributed by atoms with Crippen molar-refractivity contribution in [3.63, 3.8) is 0 Å². The van der Waals surface area contributed by atoms with Crippen LogP contribution in [0.5, 0.6) is 0 Å². The Morgan fingerprint density at radius 3 is 2.19 bits per heavy atom. The highest BCUT2D eigenvalue weighted by molar-refractivity contribution is 5.71. The SMILES string of the molecule is C=C1C=C2/C(=c3\cccc(CCC(=O)OC)c3=C(C)CC)N(C)CC(C(C)(C)C)N2C=C1C(=C)OCC.CC.CC.CC. The number of benzene rings is 1. The topological polar surface area (TPSA) is 42.0 Å². The molecule has 0 bridgehead atoms. The van der Waals surface area contributed by atoms with Crippen LogP contribution < -0.4 is 10.4 Å². The number of nitrogens with zero attached hydrogens (tertiary/aromatic N) is 2. The molecule has 0 aliphatic carbocycles. The van der Waals surface area contributed by atoms with Gasteiger partial charge in [-0.1, -0.05) is 106 Å². The summed E-state index contributed by atoms with van der Waals surface area (Å²) in [5.41, 5.74) is 6.63.